The molecule has 0 radical (unpaired) electrons. The van der Waals surface area contributed by atoms with Crippen molar-refractivity contribution in [2.75, 3.05) is 0 Å². The molecule has 0 aromatic rings. The average Bonchev–Trinajstić information content (AvgIpc) is 1.84. The molecule has 1 saturated carbocycles. The number of hydrogen-bond donors (Lipinski definition) is 3. The Morgan fingerprint density at radius 2 is 1.70 bits per heavy atom. The van der Waals surface area contributed by atoms with Gasteiger partial charge < -0.3 is 15.9 Å². The molecule has 0 amide bonds. The van der Waals surface area contributed by atoms with Crippen LogP contribution in [-0.4, -0.2) is 28.5 Å². The summed E-state index contributed by atoms with van der Waals surface area (Å²) in [6, 6.07) is 0.0541. The molecular formula is C7H15NO2. The van der Waals surface area contributed by atoms with Gasteiger partial charge in [0, 0.05) is 6.04 Å². The van der Waals surface area contributed by atoms with Gasteiger partial charge in [0.05, 0.1) is 12.2 Å². The number of aliphatic hydroxyl groups excluding tert-OH is 2. The highest BCUT2D eigenvalue weighted by molar-refractivity contribution is 4.85. The van der Waals surface area contributed by atoms with Gasteiger partial charge in [-0.15, -0.1) is 0 Å². The highest BCUT2D eigenvalue weighted by Gasteiger charge is 2.30. The van der Waals surface area contributed by atoms with E-state index in [0.717, 1.165) is 0 Å². The minimum absolute atomic E-state index is 0.0541. The summed E-state index contributed by atoms with van der Waals surface area (Å²) in [6.07, 6.45) is -0.00833. The molecule has 0 aliphatic heterocycles. The molecule has 10 heavy (non-hydrogen) atoms. The number of rotatable bonds is 0. The average molecular weight is 145 g/mol. The van der Waals surface area contributed by atoms with E-state index in [2.05, 4.69) is 0 Å². The summed E-state index contributed by atoms with van der Waals surface area (Å²) in [4.78, 5) is 0. The summed E-state index contributed by atoms with van der Waals surface area (Å²) < 4.78 is 0. The van der Waals surface area contributed by atoms with Crippen LogP contribution < -0.4 is 5.73 Å². The minimum Gasteiger partial charge on any atom is -0.390 e. The van der Waals surface area contributed by atoms with Crippen molar-refractivity contribution in [1.82, 2.24) is 0 Å². The van der Waals surface area contributed by atoms with Crippen molar-refractivity contribution in [3.8, 4) is 0 Å². The molecule has 1 aliphatic rings. The zero-order valence-electron chi connectivity index (χ0n) is 6.20. The lowest BCUT2D eigenvalue weighted by Crippen LogP contribution is -2.44. The molecule has 0 saturated heterocycles. The SMILES string of the molecule is CC1CC(O)[C@@H](O)CC1N. The van der Waals surface area contributed by atoms with Gasteiger partial charge in [0.25, 0.3) is 0 Å². The van der Waals surface area contributed by atoms with Crippen molar-refractivity contribution in [2.24, 2.45) is 11.7 Å². The van der Waals surface area contributed by atoms with E-state index in [-0.39, 0.29) is 6.04 Å². The number of hydrogen-bond acceptors (Lipinski definition) is 3. The molecule has 3 unspecified atom stereocenters. The monoisotopic (exact) mass is 145 g/mol. The second kappa shape index (κ2) is 2.86. The van der Waals surface area contributed by atoms with Crippen LogP contribution in [0.25, 0.3) is 0 Å². The van der Waals surface area contributed by atoms with Crippen LogP contribution >= 0.6 is 0 Å². The van der Waals surface area contributed by atoms with Gasteiger partial charge in [-0.25, -0.2) is 0 Å². The summed E-state index contributed by atoms with van der Waals surface area (Å²) in [6.45, 7) is 2.00. The van der Waals surface area contributed by atoms with Crippen molar-refractivity contribution >= 4 is 0 Å². The predicted molar refractivity (Wildman–Crippen MR) is 38.4 cm³/mol. The molecule has 0 spiro atoms. The van der Waals surface area contributed by atoms with E-state index in [1.54, 1.807) is 0 Å². The summed E-state index contributed by atoms with van der Waals surface area (Å²) in [5.41, 5.74) is 5.66. The van der Waals surface area contributed by atoms with E-state index in [1.165, 1.54) is 0 Å². The zero-order valence-corrected chi connectivity index (χ0v) is 6.20. The van der Waals surface area contributed by atoms with Crippen molar-refractivity contribution in [3.63, 3.8) is 0 Å². The topological polar surface area (TPSA) is 66.5 Å². The molecule has 0 aromatic heterocycles. The lowest BCUT2D eigenvalue weighted by Gasteiger charge is -2.32. The molecule has 1 rings (SSSR count). The van der Waals surface area contributed by atoms with Crippen LogP contribution in [0.3, 0.4) is 0 Å². The van der Waals surface area contributed by atoms with Crippen molar-refractivity contribution in [2.45, 2.75) is 38.0 Å². The Morgan fingerprint density at radius 3 is 2.20 bits per heavy atom. The summed E-state index contributed by atoms with van der Waals surface area (Å²) in [5.74, 6) is 0.332. The Labute approximate surface area is 60.9 Å². The zero-order chi connectivity index (χ0) is 7.72. The Balaban J connectivity index is 2.46. The molecular weight excluding hydrogens is 130 g/mol. The van der Waals surface area contributed by atoms with E-state index in [0.29, 0.717) is 18.8 Å². The van der Waals surface area contributed by atoms with Crippen LogP contribution in [0.4, 0.5) is 0 Å². The third-order valence-corrected chi connectivity index (χ3v) is 2.30. The smallest absolute Gasteiger partial charge is 0.0814 e. The highest BCUT2D eigenvalue weighted by Crippen LogP contribution is 2.22. The Morgan fingerprint density at radius 1 is 1.20 bits per heavy atom. The number of aliphatic hydroxyl groups is 2. The molecule has 4 atom stereocenters. The minimum atomic E-state index is -0.605. The maximum Gasteiger partial charge on any atom is 0.0814 e. The van der Waals surface area contributed by atoms with Gasteiger partial charge in [-0.05, 0) is 18.8 Å². The second-order valence-electron chi connectivity index (χ2n) is 3.25. The van der Waals surface area contributed by atoms with E-state index in [9.17, 15) is 0 Å². The molecule has 0 aromatic carbocycles. The predicted octanol–water partition coefficient (Wildman–Crippen LogP) is -0.535. The number of nitrogens with two attached hydrogens (primary N) is 1. The normalized spacial score (nSPS) is 49.2. The fraction of sp³-hybridized carbons (Fsp3) is 1.00. The van der Waals surface area contributed by atoms with Crippen molar-refractivity contribution in [3.05, 3.63) is 0 Å². The van der Waals surface area contributed by atoms with Crippen molar-refractivity contribution < 1.29 is 10.2 Å². The first-order chi connectivity index (χ1) is 4.61. The molecule has 3 nitrogen and oxygen atoms in total. The van der Waals surface area contributed by atoms with Crippen molar-refractivity contribution in [1.29, 1.82) is 0 Å². The van der Waals surface area contributed by atoms with Crippen LogP contribution in [0.15, 0.2) is 0 Å². The van der Waals surface area contributed by atoms with Gasteiger partial charge in [0.1, 0.15) is 0 Å². The Hall–Kier alpha value is -0.120. The first-order valence-corrected chi connectivity index (χ1v) is 3.73. The molecule has 60 valence electrons. The third kappa shape index (κ3) is 1.48. The van der Waals surface area contributed by atoms with E-state index < -0.39 is 12.2 Å². The molecule has 1 fully saturated rings. The van der Waals surface area contributed by atoms with E-state index >= 15 is 0 Å². The Kier molecular flexibility index (Phi) is 2.28. The molecule has 1 aliphatic carbocycles. The molecule has 3 heteroatoms. The van der Waals surface area contributed by atoms with Crippen LogP contribution in [0, 0.1) is 5.92 Å². The van der Waals surface area contributed by atoms with Gasteiger partial charge in [0.2, 0.25) is 0 Å². The van der Waals surface area contributed by atoms with E-state index in [4.69, 9.17) is 15.9 Å². The summed E-state index contributed by atoms with van der Waals surface area (Å²) in [7, 11) is 0. The van der Waals surface area contributed by atoms with Crippen LogP contribution in [0.2, 0.25) is 0 Å². The highest BCUT2D eigenvalue weighted by atomic mass is 16.3. The lowest BCUT2D eigenvalue weighted by molar-refractivity contribution is -0.0295. The van der Waals surface area contributed by atoms with Gasteiger partial charge in [0.15, 0.2) is 0 Å². The van der Waals surface area contributed by atoms with Gasteiger partial charge in [-0.2, -0.15) is 0 Å². The maximum absolute atomic E-state index is 9.16. The van der Waals surface area contributed by atoms with Gasteiger partial charge in [-0.1, -0.05) is 6.92 Å². The summed E-state index contributed by atoms with van der Waals surface area (Å²) in [5, 5.41) is 18.3. The third-order valence-electron chi connectivity index (χ3n) is 2.30. The maximum atomic E-state index is 9.16. The molecule has 4 N–H and O–H groups in total. The van der Waals surface area contributed by atoms with Gasteiger partial charge in [-0.3, -0.25) is 0 Å². The summed E-state index contributed by atoms with van der Waals surface area (Å²) >= 11 is 0. The molecule has 0 heterocycles. The second-order valence-corrected chi connectivity index (χ2v) is 3.25. The first kappa shape index (κ1) is 7.98. The lowest BCUT2D eigenvalue weighted by atomic mass is 9.83. The van der Waals surface area contributed by atoms with E-state index in [1.807, 2.05) is 6.92 Å². The Bertz CT molecular complexity index is 92.2. The van der Waals surface area contributed by atoms with Crippen LogP contribution in [0.1, 0.15) is 19.8 Å². The fourth-order valence-corrected chi connectivity index (χ4v) is 1.38. The quantitative estimate of drug-likeness (QED) is 0.429. The largest absolute Gasteiger partial charge is 0.390 e. The van der Waals surface area contributed by atoms with Crippen LogP contribution in [0.5, 0.6) is 0 Å². The fourth-order valence-electron chi connectivity index (χ4n) is 1.38. The van der Waals surface area contributed by atoms with Crippen LogP contribution in [-0.2, 0) is 0 Å². The first-order valence-electron chi connectivity index (χ1n) is 3.73. The molecule has 0 bridgehead atoms. The standard InChI is InChI=1S/C7H15NO2/c1-4-2-6(9)7(10)3-5(4)8/h4-7,9-10H,2-3,8H2,1H3/t4?,5?,6?,7-/m0/s1. The van der Waals surface area contributed by atoms with Gasteiger partial charge >= 0.3 is 0 Å².